The van der Waals surface area contributed by atoms with Gasteiger partial charge in [-0.2, -0.15) is 0 Å². The van der Waals surface area contributed by atoms with Gasteiger partial charge in [0.25, 0.3) is 0 Å². The van der Waals surface area contributed by atoms with E-state index in [4.69, 9.17) is 9.84 Å². The van der Waals surface area contributed by atoms with Gasteiger partial charge in [-0.1, -0.05) is 0 Å². The van der Waals surface area contributed by atoms with Gasteiger partial charge in [-0.05, 0) is 12.8 Å². The number of nitrogens with one attached hydrogen (secondary N) is 1. The molecule has 0 aromatic carbocycles. The number of carbonyl (C=O) groups excluding carboxylic acids is 1. The zero-order valence-electron chi connectivity index (χ0n) is 9.92. The Balaban J connectivity index is 2.27. The second-order valence-electron chi connectivity index (χ2n) is 4.17. The molecule has 0 aliphatic carbocycles. The Kier molecular flexibility index (Phi) is 5.54. The first-order valence-electron chi connectivity index (χ1n) is 5.69. The second-order valence-corrected chi connectivity index (χ2v) is 6.36. The summed E-state index contributed by atoms with van der Waals surface area (Å²) >= 11 is 0. The first-order valence-corrected chi connectivity index (χ1v) is 7.52. The fourth-order valence-corrected chi connectivity index (χ4v) is 2.73. The quantitative estimate of drug-likeness (QED) is 0.629. The van der Waals surface area contributed by atoms with Gasteiger partial charge in [0.15, 0.2) is 9.84 Å². The third-order valence-corrected chi connectivity index (χ3v) is 4.06. The number of ether oxygens (including phenoxy) is 1. The molecule has 0 radical (unpaired) electrons. The van der Waals surface area contributed by atoms with Gasteiger partial charge in [-0.3, -0.25) is 9.59 Å². The maximum atomic E-state index is 11.4. The highest BCUT2D eigenvalue weighted by molar-refractivity contribution is 7.92. The van der Waals surface area contributed by atoms with Crippen LogP contribution >= 0.6 is 0 Å². The van der Waals surface area contributed by atoms with Crippen LogP contribution in [0.4, 0.5) is 0 Å². The highest BCUT2D eigenvalue weighted by Crippen LogP contribution is 2.10. The van der Waals surface area contributed by atoms with Crippen LogP contribution in [0, 0.1) is 0 Å². The Morgan fingerprint density at radius 1 is 1.39 bits per heavy atom. The molecular formula is C10H17NO6S. The number of carbonyl (C=O) groups is 2. The number of hydrogen-bond acceptors (Lipinski definition) is 5. The van der Waals surface area contributed by atoms with Crippen molar-refractivity contribution in [3.8, 4) is 0 Å². The van der Waals surface area contributed by atoms with E-state index < -0.39 is 39.6 Å². The monoisotopic (exact) mass is 279 g/mol. The average molecular weight is 279 g/mol. The van der Waals surface area contributed by atoms with E-state index in [1.165, 1.54) is 0 Å². The molecule has 1 unspecified atom stereocenters. The zero-order chi connectivity index (χ0) is 13.6. The molecule has 0 spiro atoms. The molecular weight excluding hydrogens is 262 g/mol. The minimum atomic E-state index is -3.66. The number of carboxylic acid groups (broad SMARTS) is 1. The van der Waals surface area contributed by atoms with Gasteiger partial charge in [0, 0.05) is 13.2 Å². The standard InChI is InChI=1S/C10H17NO6S/c12-9(11-6-8-2-1-4-17-8)7-18(15,16)5-3-10(13)14/h8H,1-7H2,(H,11,12)(H,13,14). The summed E-state index contributed by atoms with van der Waals surface area (Å²) in [7, 11) is -3.66. The lowest BCUT2D eigenvalue weighted by atomic mass is 10.2. The van der Waals surface area contributed by atoms with Crippen molar-refractivity contribution in [2.75, 3.05) is 24.7 Å². The maximum absolute atomic E-state index is 11.4. The molecule has 1 saturated heterocycles. The molecule has 1 aliphatic rings. The molecule has 0 aromatic rings. The molecule has 1 fully saturated rings. The Hall–Kier alpha value is -1.15. The van der Waals surface area contributed by atoms with E-state index in [-0.39, 0.29) is 6.10 Å². The van der Waals surface area contributed by atoms with E-state index in [9.17, 15) is 18.0 Å². The van der Waals surface area contributed by atoms with E-state index in [1.54, 1.807) is 0 Å². The molecule has 1 atom stereocenters. The number of rotatable bonds is 7. The highest BCUT2D eigenvalue weighted by Gasteiger charge is 2.20. The van der Waals surface area contributed by atoms with Crippen molar-refractivity contribution in [2.45, 2.75) is 25.4 Å². The van der Waals surface area contributed by atoms with Crippen LogP contribution < -0.4 is 5.32 Å². The van der Waals surface area contributed by atoms with E-state index in [0.29, 0.717) is 13.2 Å². The number of amides is 1. The van der Waals surface area contributed by atoms with Gasteiger partial charge >= 0.3 is 5.97 Å². The van der Waals surface area contributed by atoms with Crippen LogP contribution in [0.15, 0.2) is 0 Å². The van der Waals surface area contributed by atoms with Gasteiger partial charge in [0.05, 0.1) is 18.3 Å². The number of aliphatic carboxylic acids is 1. The molecule has 7 nitrogen and oxygen atoms in total. The lowest BCUT2D eigenvalue weighted by Crippen LogP contribution is -2.36. The van der Waals surface area contributed by atoms with Crippen molar-refractivity contribution >= 4 is 21.7 Å². The molecule has 0 saturated carbocycles. The van der Waals surface area contributed by atoms with E-state index >= 15 is 0 Å². The summed E-state index contributed by atoms with van der Waals surface area (Å²) in [5.41, 5.74) is 0. The summed E-state index contributed by atoms with van der Waals surface area (Å²) in [4.78, 5) is 21.6. The Bertz CT molecular complexity index is 399. The van der Waals surface area contributed by atoms with E-state index in [1.807, 2.05) is 0 Å². The molecule has 2 N–H and O–H groups in total. The summed E-state index contributed by atoms with van der Waals surface area (Å²) in [6.45, 7) is 0.963. The SMILES string of the molecule is O=C(O)CCS(=O)(=O)CC(=O)NCC1CCCO1. The summed E-state index contributed by atoms with van der Waals surface area (Å²) in [5, 5.41) is 10.9. The summed E-state index contributed by atoms with van der Waals surface area (Å²) in [6, 6.07) is 0. The Morgan fingerprint density at radius 3 is 2.67 bits per heavy atom. The maximum Gasteiger partial charge on any atom is 0.304 e. The molecule has 1 rings (SSSR count). The van der Waals surface area contributed by atoms with E-state index in [2.05, 4.69) is 5.32 Å². The Labute approximate surface area is 105 Å². The van der Waals surface area contributed by atoms with Crippen molar-refractivity contribution in [3.05, 3.63) is 0 Å². The van der Waals surface area contributed by atoms with Crippen molar-refractivity contribution < 1.29 is 27.9 Å². The van der Waals surface area contributed by atoms with Crippen LogP contribution in [-0.2, 0) is 24.2 Å². The summed E-state index contributed by atoms with van der Waals surface area (Å²) in [6.07, 6.45) is 1.26. The van der Waals surface area contributed by atoms with Crippen LogP contribution in [0.3, 0.4) is 0 Å². The van der Waals surface area contributed by atoms with Gasteiger partial charge in [0.2, 0.25) is 5.91 Å². The minimum absolute atomic E-state index is 0.0457. The van der Waals surface area contributed by atoms with E-state index in [0.717, 1.165) is 12.8 Å². The predicted octanol–water partition coefficient (Wildman–Crippen LogP) is -0.829. The van der Waals surface area contributed by atoms with Gasteiger partial charge in [-0.15, -0.1) is 0 Å². The predicted molar refractivity (Wildman–Crippen MR) is 62.9 cm³/mol. The summed E-state index contributed by atoms with van der Waals surface area (Å²) in [5.74, 6) is -3.00. The molecule has 1 amide bonds. The molecule has 18 heavy (non-hydrogen) atoms. The van der Waals surface area contributed by atoms with Gasteiger partial charge in [0.1, 0.15) is 5.75 Å². The van der Waals surface area contributed by atoms with Gasteiger partial charge < -0.3 is 15.2 Å². The summed E-state index contributed by atoms with van der Waals surface area (Å²) < 4.78 is 28.0. The third kappa shape index (κ3) is 5.97. The lowest BCUT2D eigenvalue weighted by Gasteiger charge is -2.10. The number of hydrogen-bond donors (Lipinski definition) is 2. The largest absolute Gasteiger partial charge is 0.481 e. The highest BCUT2D eigenvalue weighted by atomic mass is 32.2. The normalized spacial score (nSPS) is 19.7. The molecule has 1 aliphatic heterocycles. The number of sulfone groups is 1. The Morgan fingerprint density at radius 2 is 2.11 bits per heavy atom. The lowest BCUT2D eigenvalue weighted by molar-refractivity contribution is -0.136. The number of carboxylic acids is 1. The fourth-order valence-electron chi connectivity index (χ4n) is 1.60. The fraction of sp³-hybridized carbons (Fsp3) is 0.800. The van der Waals surface area contributed by atoms with Gasteiger partial charge in [-0.25, -0.2) is 8.42 Å². The van der Waals surface area contributed by atoms with Crippen LogP contribution in [0.25, 0.3) is 0 Å². The van der Waals surface area contributed by atoms with Crippen molar-refractivity contribution in [3.63, 3.8) is 0 Å². The van der Waals surface area contributed by atoms with Crippen LogP contribution in [0.2, 0.25) is 0 Å². The smallest absolute Gasteiger partial charge is 0.304 e. The molecule has 8 heteroatoms. The van der Waals surface area contributed by atoms with Crippen molar-refractivity contribution in [1.82, 2.24) is 5.32 Å². The van der Waals surface area contributed by atoms with Crippen LogP contribution in [0.5, 0.6) is 0 Å². The molecule has 0 bridgehead atoms. The van der Waals surface area contributed by atoms with Crippen molar-refractivity contribution in [2.24, 2.45) is 0 Å². The second kappa shape index (κ2) is 6.69. The first-order chi connectivity index (χ1) is 8.39. The minimum Gasteiger partial charge on any atom is -0.481 e. The average Bonchev–Trinajstić information content (AvgIpc) is 2.76. The molecule has 104 valence electrons. The van der Waals surface area contributed by atoms with Crippen LogP contribution in [-0.4, -0.2) is 56.2 Å². The first kappa shape index (κ1) is 14.9. The molecule has 1 heterocycles. The topological polar surface area (TPSA) is 110 Å². The molecule has 0 aromatic heterocycles. The van der Waals surface area contributed by atoms with Crippen molar-refractivity contribution in [1.29, 1.82) is 0 Å². The third-order valence-electron chi connectivity index (χ3n) is 2.53. The van der Waals surface area contributed by atoms with Crippen LogP contribution in [0.1, 0.15) is 19.3 Å². The zero-order valence-corrected chi connectivity index (χ0v) is 10.7.